The third kappa shape index (κ3) is 2.79. The number of amides is 1. The molecule has 0 saturated carbocycles. The lowest BCUT2D eigenvalue weighted by Gasteiger charge is -2.08. The largest absolute Gasteiger partial charge is 0.478 e. The van der Waals surface area contributed by atoms with Gasteiger partial charge in [-0.1, -0.05) is 0 Å². The van der Waals surface area contributed by atoms with Crippen LogP contribution in [0.1, 0.15) is 16.8 Å². The molecular weight excluding hydrogens is 224 g/mol. The molecule has 6 heteroatoms. The van der Waals surface area contributed by atoms with Crippen molar-refractivity contribution in [3.63, 3.8) is 0 Å². The van der Waals surface area contributed by atoms with Crippen LogP contribution in [0.25, 0.3) is 0 Å². The van der Waals surface area contributed by atoms with Gasteiger partial charge in [0, 0.05) is 12.8 Å². The lowest BCUT2D eigenvalue weighted by atomic mass is 10.1. The van der Waals surface area contributed by atoms with Gasteiger partial charge in [0.25, 0.3) is 0 Å². The van der Waals surface area contributed by atoms with E-state index in [1.54, 1.807) is 0 Å². The molecule has 2 N–H and O–H groups in total. The summed E-state index contributed by atoms with van der Waals surface area (Å²) in [5, 5.41) is 11.3. The maximum Gasteiger partial charge on any atom is 0.337 e. The zero-order valence-corrected chi connectivity index (χ0v) is 9.05. The molecule has 0 spiro atoms. The zero-order chi connectivity index (χ0) is 12.3. The Hall–Kier alpha value is -1.95. The summed E-state index contributed by atoms with van der Waals surface area (Å²) in [6, 6.07) is 2.87. The summed E-state index contributed by atoms with van der Waals surface area (Å²) < 4.78 is 5.11. The Labute approximate surface area is 97.6 Å². The maximum absolute atomic E-state index is 11.7. The number of nitrogens with zero attached hydrogens (tertiary/aromatic N) is 1. The summed E-state index contributed by atoms with van der Waals surface area (Å²) in [7, 11) is 0. The van der Waals surface area contributed by atoms with Gasteiger partial charge in [0.2, 0.25) is 5.91 Å². The minimum atomic E-state index is -1.04. The average Bonchev–Trinajstić information content (AvgIpc) is 2.83. The highest BCUT2D eigenvalue weighted by atomic mass is 16.5. The number of nitrogens with one attached hydrogen (secondary N) is 1. The molecule has 0 bridgehead atoms. The van der Waals surface area contributed by atoms with E-state index in [4.69, 9.17) is 9.84 Å². The number of aromatic nitrogens is 1. The summed E-state index contributed by atoms with van der Waals surface area (Å²) in [6.45, 7) is 1.03. The fraction of sp³-hybridized carbons (Fsp3) is 0.364. The van der Waals surface area contributed by atoms with Crippen LogP contribution in [-0.4, -0.2) is 35.2 Å². The lowest BCUT2D eigenvalue weighted by Crippen LogP contribution is -2.23. The number of hydrogen-bond donors (Lipinski definition) is 2. The highest BCUT2D eigenvalue weighted by molar-refractivity contribution is 5.92. The van der Waals surface area contributed by atoms with Crippen molar-refractivity contribution >= 4 is 17.7 Å². The molecule has 1 fully saturated rings. The van der Waals surface area contributed by atoms with Crippen molar-refractivity contribution in [1.29, 1.82) is 0 Å². The van der Waals surface area contributed by atoms with Gasteiger partial charge in [-0.2, -0.15) is 0 Å². The van der Waals surface area contributed by atoms with Crippen LogP contribution in [0.5, 0.6) is 0 Å². The van der Waals surface area contributed by atoms with Crippen LogP contribution in [0.15, 0.2) is 18.3 Å². The number of carbonyl (C=O) groups excluding carboxylic acids is 1. The van der Waals surface area contributed by atoms with Crippen LogP contribution in [0.4, 0.5) is 5.82 Å². The van der Waals surface area contributed by atoms with E-state index in [9.17, 15) is 9.59 Å². The molecule has 2 heterocycles. The van der Waals surface area contributed by atoms with Gasteiger partial charge in [-0.15, -0.1) is 0 Å². The Kier molecular flexibility index (Phi) is 3.34. The smallest absolute Gasteiger partial charge is 0.337 e. The first-order chi connectivity index (χ1) is 8.16. The SMILES string of the molecule is O=C(O)c1ccc(NC(=O)C2CCOC2)nc1. The monoisotopic (exact) mass is 236 g/mol. The Balaban J connectivity index is 1.98. The molecule has 2 rings (SSSR count). The number of carbonyl (C=O) groups is 2. The van der Waals surface area contributed by atoms with Gasteiger partial charge in [-0.25, -0.2) is 9.78 Å². The van der Waals surface area contributed by atoms with Gasteiger partial charge in [-0.3, -0.25) is 4.79 Å². The molecule has 0 aromatic carbocycles. The molecule has 6 nitrogen and oxygen atoms in total. The quantitative estimate of drug-likeness (QED) is 0.808. The summed E-state index contributed by atoms with van der Waals surface area (Å²) in [6.07, 6.45) is 1.92. The third-order valence-electron chi connectivity index (χ3n) is 2.56. The van der Waals surface area contributed by atoms with Crippen molar-refractivity contribution in [3.8, 4) is 0 Å². The Morgan fingerprint density at radius 3 is 2.82 bits per heavy atom. The number of ether oxygens (including phenoxy) is 1. The second-order valence-electron chi connectivity index (χ2n) is 3.79. The molecule has 0 aliphatic carbocycles. The zero-order valence-electron chi connectivity index (χ0n) is 9.05. The molecule has 0 radical (unpaired) electrons. The van der Waals surface area contributed by atoms with Crippen molar-refractivity contribution in [2.24, 2.45) is 5.92 Å². The summed E-state index contributed by atoms with van der Waals surface area (Å²) in [5.41, 5.74) is 0.0900. The van der Waals surface area contributed by atoms with Crippen LogP contribution < -0.4 is 5.32 Å². The Morgan fingerprint density at radius 2 is 2.29 bits per heavy atom. The van der Waals surface area contributed by atoms with E-state index in [0.29, 0.717) is 25.5 Å². The van der Waals surface area contributed by atoms with E-state index in [2.05, 4.69) is 10.3 Å². The molecule has 1 aliphatic heterocycles. The minimum Gasteiger partial charge on any atom is -0.478 e. The van der Waals surface area contributed by atoms with E-state index in [1.807, 2.05) is 0 Å². The highest BCUT2D eigenvalue weighted by Crippen LogP contribution is 2.14. The molecule has 1 saturated heterocycles. The molecule has 17 heavy (non-hydrogen) atoms. The number of carboxylic acid groups (broad SMARTS) is 1. The summed E-state index contributed by atoms with van der Waals surface area (Å²) >= 11 is 0. The number of rotatable bonds is 3. The van der Waals surface area contributed by atoms with Gasteiger partial charge in [0.15, 0.2) is 0 Å². The predicted octanol–water partition coefficient (Wildman–Crippen LogP) is 0.755. The number of anilines is 1. The second-order valence-corrected chi connectivity index (χ2v) is 3.79. The van der Waals surface area contributed by atoms with E-state index in [1.165, 1.54) is 18.3 Å². The second kappa shape index (κ2) is 4.92. The first-order valence-electron chi connectivity index (χ1n) is 5.25. The molecule has 90 valence electrons. The first kappa shape index (κ1) is 11.5. The molecular formula is C11H12N2O4. The fourth-order valence-electron chi connectivity index (χ4n) is 1.56. The number of aromatic carboxylic acids is 1. The van der Waals surface area contributed by atoms with Gasteiger partial charge in [0.05, 0.1) is 18.1 Å². The van der Waals surface area contributed by atoms with Gasteiger partial charge < -0.3 is 15.2 Å². The fourth-order valence-corrected chi connectivity index (χ4v) is 1.56. The van der Waals surface area contributed by atoms with Crippen molar-refractivity contribution in [3.05, 3.63) is 23.9 Å². The number of carboxylic acids is 1. The molecule has 1 amide bonds. The molecule has 1 aromatic heterocycles. The van der Waals surface area contributed by atoms with Crippen LogP contribution in [0.3, 0.4) is 0 Å². The van der Waals surface area contributed by atoms with Crippen LogP contribution in [-0.2, 0) is 9.53 Å². The van der Waals surface area contributed by atoms with Crippen LogP contribution >= 0.6 is 0 Å². The van der Waals surface area contributed by atoms with Crippen molar-refractivity contribution in [2.45, 2.75) is 6.42 Å². The molecule has 1 unspecified atom stereocenters. The first-order valence-corrected chi connectivity index (χ1v) is 5.25. The van der Waals surface area contributed by atoms with Crippen molar-refractivity contribution in [2.75, 3.05) is 18.5 Å². The van der Waals surface area contributed by atoms with Gasteiger partial charge >= 0.3 is 5.97 Å². The highest BCUT2D eigenvalue weighted by Gasteiger charge is 2.23. The predicted molar refractivity (Wildman–Crippen MR) is 58.8 cm³/mol. The van der Waals surface area contributed by atoms with E-state index >= 15 is 0 Å². The standard InChI is InChI=1S/C11H12N2O4/c14-10(8-3-4-17-6-8)13-9-2-1-7(5-12-9)11(15)16/h1-2,5,8H,3-4,6H2,(H,15,16)(H,12,13,14). The van der Waals surface area contributed by atoms with E-state index < -0.39 is 5.97 Å². The van der Waals surface area contributed by atoms with Gasteiger partial charge in [0.1, 0.15) is 5.82 Å². The summed E-state index contributed by atoms with van der Waals surface area (Å²) in [4.78, 5) is 26.1. The average molecular weight is 236 g/mol. The third-order valence-corrected chi connectivity index (χ3v) is 2.56. The Morgan fingerprint density at radius 1 is 1.47 bits per heavy atom. The van der Waals surface area contributed by atoms with E-state index in [-0.39, 0.29) is 17.4 Å². The topological polar surface area (TPSA) is 88.5 Å². The molecule has 1 aliphatic rings. The van der Waals surface area contributed by atoms with E-state index in [0.717, 1.165) is 0 Å². The minimum absolute atomic E-state index is 0.0900. The maximum atomic E-state index is 11.7. The van der Waals surface area contributed by atoms with Crippen molar-refractivity contribution < 1.29 is 19.4 Å². The van der Waals surface area contributed by atoms with Crippen LogP contribution in [0, 0.1) is 5.92 Å². The van der Waals surface area contributed by atoms with Crippen LogP contribution in [0.2, 0.25) is 0 Å². The molecule has 1 atom stereocenters. The Bertz CT molecular complexity index is 424. The number of pyridine rings is 1. The van der Waals surface area contributed by atoms with Crippen molar-refractivity contribution in [1.82, 2.24) is 4.98 Å². The number of hydrogen-bond acceptors (Lipinski definition) is 4. The molecule has 1 aromatic rings. The van der Waals surface area contributed by atoms with Gasteiger partial charge in [-0.05, 0) is 18.6 Å². The normalized spacial score (nSPS) is 18.9. The lowest BCUT2D eigenvalue weighted by molar-refractivity contribution is -0.119. The summed E-state index contributed by atoms with van der Waals surface area (Å²) in [5.74, 6) is -0.972.